The first-order valence-corrected chi connectivity index (χ1v) is 14.1. The van der Waals surface area contributed by atoms with Gasteiger partial charge in [0.2, 0.25) is 5.91 Å². The number of carbonyl (C=O) groups excluding carboxylic acids is 3. The Labute approximate surface area is 258 Å². The molecule has 1 aliphatic rings. The molecule has 4 rings (SSSR count). The van der Waals surface area contributed by atoms with Crippen molar-refractivity contribution in [2.24, 2.45) is 5.10 Å². The second-order valence-corrected chi connectivity index (χ2v) is 11.3. The number of nitrogens with one attached hydrogen (secondary N) is 2. The summed E-state index contributed by atoms with van der Waals surface area (Å²) < 4.78 is 0. The molecule has 13 heteroatoms. The third kappa shape index (κ3) is 7.32. The van der Waals surface area contributed by atoms with Gasteiger partial charge in [-0.1, -0.05) is 46.9 Å². The second kappa shape index (κ2) is 13.4. The largest absolute Gasteiger partial charge is 0.347 e. The van der Waals surface area contributed by atoms with Gasteiger partial charge in [-0.2, -0.15) is 10.2 Å². The Kier molecular flexibility index (Phi) is 9.95. The molecule has 220 valence electrons. The van der Waals surface area contributed by atoms with Gasteiger partial charge in [0.15, 0.2) is 6.17 Å². The molecule has 0 radical (unpaired) electrons. The first-order chi connectivity index (χ1) is 20.0. The van der Waals surface area contributed by atoms with E-state index in [4.69, 9.17) is 34.8 Å². The number of anilines is 2. The highest BCUT2D eigenvalue weighted by atomic mass is 35.5. The van der Waals surface area contributed by atoms with E-state index < -0.39 is 23.8 Å². The predicted molar refractivity (Wildman–Crippen MR) is 164 cm³/mol. The lowest BCUT2D eigenvalue weighted by Gasteiger charge is -2.38. The zero-order valence-electron chi connectivity index (χ0n) is 22.8. The van der Waals surface area contributed by atoms with Crippen molar-refractivity contribution in [3.05, 3.63) is 93.4 Å². The van der Waals surface area contributed by atoms with Crippen LogP contribution in [0.25, 0.3) is 0 Å². The van der Waals surface area contributed by atoms with E-state index in [1.807, 2.05) is 0 Å². The number of rotatable bonds is 9. The summed E-state index contributed by atoms with van der Waals surface area (Å²) in [7, 11) is 0. The van der Waals surface area contributed by atoms with Gasteiger partial charge in [-0.25, -0.2) is 15.0 Å². The number of amides is 5. The third-order valence-electron chi connectivity index (χ3n) is 6.71. The van der Waals surface area contributed by atoms with Crippen LogP contribution in [-0.4, -0.2) is 57.6 Å². The van der Waals surface area contributed by atoms with Gasteiger partial charge in [-0.05, 0) is 86.5 Å². The second-order valence-electron chi connectivity index (χ2n) is 10.0. The zero-order chi connectivity index (χ0) is 30.4. The number of carbonyl (C=O) groups is 3. The van der Waals surface area contributed by atoms with Crippen molar-refractivity contribution in [2.45, 2.75) is 38.4 Å². The molecule has 0 spiro atoms. The first kappa shape index (κ1) is 31.1. The molecule has 0 aliphatic carbocycles. The van der Waals surface area contributed by atoms with Crippen LogP contribution in [-0.2, 0) is 4.79 Å². The maximum Gasteiger partial charge on any atom is 0.347 e. The highest BCUT2D eigenvalue weighted by Crippen LogP contribution is 2.38. The smallest absolute Gasteiger partial charge is 0.315 e. The Bertz CT molecular complexity index is 1450. The monoisotopic (exact) mass is 630 g/mol. The van der Waals surface area contributed by atoms with Crippen molar-refractivity contribution in [3.8, 4) is 0 Å². The quantitative estimate of drug-likeness (QED) is 0.136. The summed E-state index contributed by atoms with van der Waals surface area (Å²) in [4.78, 5) is 42.1. The Hall–Kier alpha value is -3.83. The molecule has 1 aliphatic heterocycles. The number of hydrogen-bond donors (Lipinski definition) is 3. The summed E-state index contributed by atoms with van der Waals surface area (Å²) in [6, 6.07) is 18.5. The lowest BCUT2D eigenvalue weighted by molar-refractivity contribution is -0.121. The Balaban J connectivity index is 1.47. The van der Waals surface area contributed by atoms with Crippen molar-refractivity contribution in [1.82, 2.24) is 15.4 Å². The van der Waals surface area contributed by atoms with E-state index in [9.17, 15) is 19.6 Å². The van der Waals surface area contributed by atoms with Crippen LogP contribution in [0.5, 0.6) is 0 Å². The van der Waals surface area contributed by atoms with Crippen LogP contribution in [0.4, 0.5) is 21.0 Å². The van der Waals surface area contributed by atoms with Gasteiger partial charge in [0.1, 0.15) is 0 Å². The number of benzene rings is 3. The summed E-state index contributed by atoms with van der Waals surface area (Å²) in [5.74, 6) is -0.332. The highest BCUT2D eigenvalue weighted by Gasteiger charge is 2.55. The highest BCUT2D eigenvalue weighted by molar-refractivity contribution is 6.31. The molecule has 1 fully saturated rings. The molecule has 3 aromatic carbocycles. The molecule has 3 N–H and O–H groups in total. The van der Waals surface area contributed by atoms with Crippen molar-refractivity contribution < 1.29 is 19.6 Å². The van der Waals surface area contributed by atoms with E-state index in [1.165, 1.54) is 16.0 Å². The lowest BCUT2D eigenvalue weighted by atomic mass is 9.99. The van der Waals surface area contributed by atoms with Crippen molar-refractivity contribution in [1.29, 1.82) is 0 Å². The molecular formula is C29H29Cl3N6O4. The molecule has 3 aromatic rings. The SMILES string of the molecule is CC1(C)[C@@H](N(O)C(=O)Nc2ccc(Cl)cc2)N(c2ccc(Cl)cc2)C(=O)N1CCCC(=O)N/N=C\c1ccc(Cl)cc1. The third-order valence-corrected chi connectivity index (χ3v) is 7.46. The summed E-state index contributed by atoms with van der Waals surface area (Å²) in [5, 5.41) is 19.8. The van der Waals surface area contributed by atoms with Gasteiger partial charge >= 0.3 is 12.1 Å². The number of hydrogen-bond acceptors (Lipinski definition) is 5. The molecule has 1 atom stereocenters. The molecule has 1 heterocycles. The normalized spacial score (nSPS) is 16.1. The summed E-state index contributed by atoms with van der Waals surface area (Å²) in [5.41, 5.74) is 3.00. The van der Waals surface area contributed by atoms with E-state index in [-0.39, 0.29) is 18.9 Å². The molecule has 10 nitrogen and oxygen atoms in total. The van der Waals surface area contributed by atoms with E-state index in [1.54, 1.807) is 86.6 Å². The average Bonchev–Trinajstić information content (AvgIpc) is 3.15. The molecule has 0 aromatic heterocycles. The molecule has 42 heavy (non-hydrogen) atoms. The van der Waals surface area contributed by atoms with Gasteiger partial charge in [-0.3, -0.25) is 14.9 Å². The van der Waals surface area contributed by atoms with E-state index >= 15 is 0 Å². The minimum atomic E-state index is -1.13. The fraction of sp³-hybridized carbons (Fsp3) is 0.241. The lowest BCUT2D eigenvalue weighted by Crippen LogP contribution is -2.58. The summed E-state index contributed by atoms with van der Waals surface area (Å²) >= 11 is 17.9. The number of hydrazone groups is 1. The molecule has 0 saturated carbocycles. The van der Waals surface area contributed by atoms with Crippen LogP contribution in [0, 0.1) is 0 Å². The molecule has 0 unspecified atom stereocenters. The van der Waals surface area contributed by atoms with Gasteiger partial charge in [0.05, 0.1) is 11.8 Å². The van der Waals surface area contributed by atoms with Crippen LogP contribution in [0.15, 0.2) is 77.9 Å². The van der Waals surface area contributed by atoms with Crippen molar-refractivity contribution >= 4 is 70.4 Å². The molecule has 5 amide bonds. The van der Waals surface area contributed by atoms with Crippen LogP contribution in [0.3, 0.4) is 0 Å². The molecule has 0 bridgehead atoms. The summed E-state index contributed by atoms with van der Waals surface area (Å²) in [6.07, 6.45) is 0.766. The maximum absolute atomic E-state index is 13.8. The first-order valence-electron chi connectivity index (χ1n) is 13.0. The van der Waals surface area contributed by atoms with E-state index in [0.29, 0.717) is 37.9 Å². The standard InChI is InChI=1S/C29H29Cl3N6O4/c1-29(2)26(38(42)27(40)34-23-13-9-21(31)10-14-23)37(24-15-11-22(32)12-16-24)28(41)36(29)17-3-4-25(39)35-33-18-19-5-7-20(30)8-6-19/h5-16,18,26,42H,3-4,17H2,1-2H3,(H,34,40)(H,35,39)/b33-18-/t26-/m1/s1. The van der Waals surface area contributed by atoms with E-state index in [0.717, 1.165) is 5.56 Å². The predicted octanol–water partition coefficient (Wildman–Crippen LogP) is 6.85. The van der Waals surface area contributed by atoms with Gasteiger partial charge in [0, 0.05) is 39.4 Å². The van der Waals surface area contributed by atoms with Gasteiger partial charge in [-0.15, -0.1) is 0 Å². The average molecular weight is 632 g/mol. The maximum atomic E-state index is 13.8. The van der Waals surface area contributed by atoms with Gasteiger partial charge in [0.25, 0.3) is 0 Å². The molecule has 1 saturated heterocycles. The molecular weight excluding hydrogens is 603 g/mol. The van der Waals surface area contributed by atoms with E-state index in [2.05, 4.69) is 15.8 Å². The number of halogens is 3. The fourth-order valence-electron chi connectivity index (χ4n) is 4.59. The Morgan fingerprint density at radius 1 is 0.952 bits per heavy atom. The number of nitrogens with zero attached hydrogens (tertiary/aromatic N) is 4. The summed E-state index contributed by atoms with van der Waals surface area (Å²) in [6.45, 7) is 3.65. The zero-order valence-corrected chi connectivity index (χ0v) is 25.1. The fourth-order valence-corrected chi connectivity index (χ4v) is 4.97. The Morgan fingerprint density at radius 2 is 1.50 bits per heavy atom. The topological polar surface area (TPSA) is 118 Å². The van der Waals surface area contributed by atoms with Crippen LogP contribution in [0.1, 0.15) is 32.3 Å². The number of hydroxylamine groups is 2. The minimum absolute atomic E-state index is 0.0866. The van der Waals surface area contributed by atoms with Gasteiger partial charge < -0.3 is 10.2 Å². The Morgan fingerprint density at radius 3 is 2.10 bits per heavy atom. The minimum Gasteiger partial charge on any atom is -0.315 e. The van der Waals surface area contributed by atoms with Crippen molar-refractivity contribution in [3.63, 3.8) is 0 Å². The number of urea groups is 2. The van der Waals surface area contributed by atoms with Crippen LogP contribution < -0.4 is 15.6 Å². The van der Waals surface area contributed by atoms with Crippen molar-refractivity contribution in [2.75, 3.05) is 16.8 Å². The van der Waals surface area contributed by atoms with Crippen LogP contribution >= 0.6 is 34.8 Å². The van der Waals surface area contributed by atoms with Crippen LogP contribution in [0.2, 0.25) is 15.1 Å².